The molecule has 29 heavy (non-hydrogen) atoms. The highest BCUT2D eigenvalue weighted by Crippen LogP contribution is 2.69. The molecule has 1 aliphatic heterocycles. The Bertz CT molecular complexity index is 1020. The van der Waals surface area contributed by atoms with Gasteiger partial charge in [-0.05, 0) is 46.2 Å². The molecular weight excluding hydrogens is 413 g/mol. The van der Waals surface area contributed by atoms with Gasteiger partial charge in [0, 0.05) is 5.56 Å². The van der Waals surface area contributed by atoms with Crippen molar-refractivity contribution < 1.29 is 26.2 Å². The van der Waals surface area contributed by atoms with Crippen LogP contribution >= 0.6 is 7.60 Å². The lowest BCUT2D eigenvalue weighted by Crippen LogP contribution is -2.52. The molecule has 0 aliphatic carbocycles. The molecule has 0 bridgehead atoms. The molecule has 0 saturated heterocycles. The van der Waals surface area contributed by atoms with Crippen LogP contribution in [0, 0.1) is 6.92 Å². The van der Waals surface area contributed by atoms with E-state index in [2.05, 4.69) is 4.72 Å². The van der Waals surface area contributed by atoms with E-state index in [9.17, 15) is 13.0 Å². The molecule has 0 unspecified atom stereocenters. The van der Waals surface area contributed by atoms with Crippen molar-refractivity contribution >= 4 is 17.9 Å². The average molecular weight is 439 g/mol. The Morgan fingerprint density at radius 1 is 0.966 bits per heavy atom. The van der Waals surface area contributed by atoms with Crippen molar-refractivity contribution in [1.29, 1.82) is 0 Å². The van der Waals surface area contributed by atoms with Gasteiger partial charge in [-0.1, -0.05) is 48.0 Å². The summed E-state index contributed by atoms with van der Waals surface area (Å²) in [4.78, 5) is 0. The molecule has 0 amide bonds. The van der Waals surface area contributed by atoms with Crippen molar-refractivity contribution in [1.82, 2.24) is 4.72 Å². The molecule has 1 aliphatic rings. The maximum atomic E-state index is 14.4. The van der Waals surface area contributed by atoms with Gasteiger partial charge in [-0.25, -0.2) is 0 Å². The average Bonchev–Trinajstić information content (AvgIpc) is 2.59. The highest BCUT2D eigenvalue weighted by Gasteiger charge is 2.60. The molecule has 0 saturated carbocycles. The molecule has 1 heterocycles. The van der Waals surface area contributed by atoms with Crippen LogP contribution in [0.5, 0.6) is 5.75 Å². The van der Waals surface area contributed by atoms with E-state index in [4.69, 9.17) is 13.2 Å². The predicted octanol–water partition coefficient (Wildman–Crippen LogP) is 4.47. The smallest absolute Gasteiger partial charge is 0.370 e. The largest absolute Gasteiger partial charge is 0.384 e. The Hall–Kier alpha value is -1.70. The minimum atomic E-state index is -4.30. The van der Waals surface area contributed by atoms with E-state index in [0.717, 1.165) is 5.56 Å². The number of benzene rings is 2. The van der Waals surface area contributed by atoms with Crippen LogP contribution in [0.25, 0.3) is 0 Å². The van der Waals surface area contributed by atoms with E-state index in [0.29, 0.717) is 11.1 Å². The third kappa shape index (κ3) is 4.13. The number of hydrogen-bond donors (Lipinski definition) is 1. The molecule has 0 fully saturated rings. The fourth-order valence-electron chi connectivity index (χ4n) is 3.32. The van der Waals surface area contributed by atoms with Crippen LogP contribution in [0.1, 0.15) is 44.4 Å². The fraction of sp³-hybridized carbons (Fsp3) is 0.400. The van der Waals surface area contributed by atoms with Gasteiger partial charge in [0.25, 0.3) is 0 Å². The maximum absolute atomic E-state index is 14.4. The first-order valence-corrected chi connectivity index (χ1v) is 12.3. The highest BCUT2D eigenvalue weighted by atomic mass is 32.2. The summed E-state index contributed by atoms with van der Waals surface area (Å²) in [5.74, 6) is 0.0757. The molecule has 7 nitrogen and oxygen atoms in total. The molecular formula is C20H26NO6PS. The first kappa shape index (κ1) is 22.0. The van der Waals surface area contributed by atoms with E-state index in [1.807, 2.05) is 19.1 Å². The van der Waals surface area contributed by atoms with Gasteiger partial charge in [-0.3, -0.25) is 4.57 Å². The SMILES string of the molecule is Cc1ccc([C@@]2(P(=O)(OC(C)C)OC(C)C)NS(=O)(=O)Oc3ccccc32)cc1. The van der Waals surface area contributed by atoms with Crippen LogP contribution in [0.3, 0.4) is 0 Å². The quantitative estimate of drug-likeness (QED) is 0.668. The molecule has 1 N–H and O–H groups in total. The van der Waals surface area contributed by atoms with E-state index < -0.39 is 35.4 Å². The van der Waals surface area contributed by atoms with E-state index >= 15 is 0 Å². The van der Waals surface area contributed by atoms with Gasteiger partial charge in [0.2, 0.25) is 0 Å². The number of nitrogens with one attached hydrogen (secondary N) is 1. The van der Waals surface area contributed by atoms with Crippen LogP contribution < -0.4 is 8.91 Å². The molecule has 158 valence electrons. The fourth-order valence-corrected chi connectivity index (χ4v) is 7.54. The van der Waals surface area contributed by atoms with Crippen molar-refractivity contribution in [2.24, 2.45) is 0 Å². The van der Waals surface area contributed by atoms with E-state index in [1.165, 1.54) is 6.07 Å². The Balaban J connectivity index is 2.43. The minimum Gasteiger partial charge on any atom is -0.370 e. The normalized spacial score (nSPS) is 21.1. The first-order valence-electron chi connectivity index (χ1n) is 9.36. The zero-order valence-corrected chi connectivity index (χ0v) is 18.8. The van der Waals surface area contributed by atoms with Gasteiger partial charge in [0.1, 0.15) is 5.75 Å². The Morgan fingerprint density at radius 2 is 1.52 bits per heavy atom. The van der Waals surface area contributed by atoms with Crippen molar-refractivity contribution in [3.8, 4) is 5.75 Å². The lowest BCUT2D eigenvalue weighted by molar-refractivity contribution is 0.126. The zero-order chi connectivity index (χ0) is 21.4. The first-order chi connectivity index (χ1) is 13.5. The Morgan fingerprint density at radius 3 is 2.07 bits per heavy atom. The maximum Gasteiger partial charge on any atom is 0.384 e. The summed E-state index contributed by atoms with van der Waals surface area (Å²) < 4.78 is 59.3. The second kappa shape index (κ2) is 7.85. The molecule has 2 aromatic rings. The standard InChI is InChI=1S/C20H26NO6PS/c1-14(2)25-28(22,26-15(3)4)20(17-12-10-16(5)11-13-17)18-8-6-7-9-19(18)27-29(23,24)21-20/h6-15,21H,1-5H3/t20-/m0/s1. The summed E-state index contributed by atoms with van der Waals surface area (Å²) in [6.07, 6.45) is -0.970. The molecule has 2 aromatic carbocycles. The molecule has 0 aromatic heterocycles. The third-order valence-electron chi connectivity index (χ3n) is 4.33. The van der Waals surface area contributed by atoms with E-state index in [-0.39, 0.29) is 5.75 Å². The van der Waals surface area contributed by atoms with Gasteiger partial charge < -0.3 is 13.2 Å². The topological polar surface area (TPSA) is 90.9 Å². The molecule has 0 radical (unpaired) electrons. The van der Waals surface area contributed by atoms with Gasteiger partial charge in [0.15, 0.2) is 5.28 Å². The number of para-hydroxylation sites is 1. The van der Waals surface area contributed by atoms with Crippen molar-refractivity contribution in [2.45, 2.75) is 52.1 Å². The van der Waals surface area contributed by atoms with Crippen LogP contribution in [-0.2, 0) is 29.2 Å². The highest BCUT2D eigenvalue weighted by molar-refractivity contribution is 7.85. The molecule has 3 rings (SSSR count). The van der Waals surface area contributed by atoms with Gasteiger partial charge >= 0.3 is 17.9 Å². The minimum absolute atomic E-state index is 0.0757. The summed E-state index contributed by atoms with van der Waals surface area (Å²) in [5.41, 5.74) is 1.77. The van der Waals surface area contributed by atoms with Crippen LogP contribution in [0.2, 0.25) is 0 Å². The summed E-state index contributed by atoms with van der Waals surface area (Å²) >= 11 is 0. The van der Waals surface area contributed by atoms with E-state index in [1.54, 1.807) is 58.0 Å². The zero-order valence-electron chi connectivity index (χ0n) is 17.1. The van der Waals surface area contributed by atoms with Crippen LogP contribution in [0.15, 0.2) is 48.5 Å². The van der Waals surface area contributed by atoms with Gasteiger partial charge in [0.05, 0.1) is 12.2 Å². The summed E-state index contributed by atoms with van der Waals surface area (Å²) in [7, 11) is -8.46. The monoisotopic (exact) mass is 439 g/mol. The van der Waals surface area contributed by atoms with Crippen molar-refractivity contribution in [2.75, 3.05) is 0 Å². The second-order valence-corrected chi connectivity index (χ2v) is 10.9. The number of aryl methyl sites for hydroxylation is 1. The predicted molar refractivity (Wildman–Crippen MR) is 111 cm³/mol. The second-order valence-electron chi connectivity index (χ2n) is 7.52. The van der Waals surface area contributed by atoms with Gasteiger partial charge in [-0.15, -0.1) is 0 Å². The lowest BCUT2D eigenvalue weighted by Gasteiger charge is -2.43. The third-order valence-corrected chi connectivity index (χ3v) is 8.27. The van der Waals surface area contributed by atoms with Crippen molar-refractivity contribution in [3.05, 3.63) is 65.2 Å². The number of hydrogen-bond acceptors (Lipinski definition) is 6. The molecule has 0 spiro atoms. The summed E-state index contributed by atoms with van der Waals surface area (Å²) in [6.45, 7) is 8.79. The van der Waals surface area contributed by atoms with Gasteiger partial charge in [-0.2, -0.15) is 13.1 Å². The Labute approximate surface area is 172 Å². The molecule has 1 atom stereocenters. The summed E-state index contributed by atoms with van der Waals surface area (Å²) in [6, 6.07) is 13.6. The molecule has 9 heteroatoms. The number of fused-ring (bicyclic) bond motifs is 1. The van der Waals surface area contributed by atoms with Crippen molar-refractivity contribution in [3.63, 3.8) is 0 Å². The van der Waals surface area contributed by atoms with Crippen LogP contribution in [0.4, 0.5) is 0 Å². The Kier molecular flexibility index (Phi) is 5.96. The number of rotatable bonds is 6. The summed E-state index contributed by atoms with van der Waals surface area (Å²) in [5, 5.41) is -1.80. The van der Waals surface area contributed by atoms with Crippen LogP contribution in [-0.4, -0.2) is 20.6 Å². The lowest BCUT2D eigenvalue weighted by atomic mass is 9.97.